The van der Waals surface area contributed by atoms with Gasteiger partial charge in [-0.05, 0) is 44.2 Å². The van der Waals surface area contributed by atoms with Crippen LogP contribution in [0, 0.1) is 0 Å². The van der Waals surface area contributed by atoms with Crippen molar-refractivity contribution in [2.75, 3.05) is 19.8 Å². The van der Waals surface area contributed by atoms with Crippen LogP contribution in [0.25, 0.3) is 6.08 Å². The molecule has 0 bridgehead atoms. The number of para-hydroxylation sites is 2. The van der Waals surface area contributed by atoms with Crippen LogP contribution in [0.2, 0.25) is 0 Å². The highest BCUT2D eigenvalue weighted by Gasteiger charge is 2.22. The van der Waals surface area contributed by atoms with E-state index < -0.39 is 0 Å². The smallest absolute Gasteiger partial charge is 0.244 e. The zero-order valence-electron chi connectivity index (χ0n) is 16.6. The van der Waals surface area contributed by atoms with Gasteiger partial charge in [-0.25, -0.2) is 0 Å². The second kappa shape index (κ2) is 8.47. The zero-order valence-corrected chi connectivity index (χ0v) is 16.6. The first-order chi connectivity index (χ1) is 14.1. The third kappa shape index (κ3) is 4.47. The van der Waals surface area contributed by atoms with Gasteiger partial charge in [0, 0.05) is 23.6 Å². The lowest BCUT2D eigenvalue weighted by molar-refractivity contribution is -0.116. The highest BCUT2D eigenvalue weighted by molar-refractivity contribution is 5.92. The SMILES string of the molecule is CCOc1cc2c(cc1/C=C/C(=O)NCC1COc3ccccc3O1)OC(C)C2. The number of carbonyl (C=O) groups excluding carboxylic acids is 1. The van der Waals surface area contributed by atoms with E-state index in [9.17, 15) is 4.79 Å². The lowest BCUT2D eigenvalue weighted by Crippen LogP contribution is -2.40. The Balaban J connectivity index is 1.37. The summed E-state index contributed by atoms with van der Waals surface area (Å²) in [5.74, 6) is 2.83. The molecule has 0 aromatic heterocycles. The molecule has 0 saturated carbocycles. The van der Waals surface area contributed by atoms with Crippen LogP contribution in [0.15, 0.2) is 42.5 Å². The molecule has 1 amide bonds. The van der Waals surface area contributed by atoms with Gasteiger partial charge in [0.2, 0.25) is 5.91 Å². The maximum absolute atomic E-state index is 12.3. The number of hydrogen-bond donors (Lipinski definition) is 1. The lowest BCUT2D eigenvalue weighted by Gasteiger charge is -2.26. The quantitative estimate of drug-likeness (QED) is 0.760. The van der Waals surface area contributed by atoms with E-state index in [0.717, 1.165) is 34.8 Å². The molecule has 0 fully saturated rings. The third-order valence-corrected chi connectivity index (χ3v) is 4.81. The predicted molar refractivity (Wildman–Crippen MR) is 110 cm³/mol. The van der Waals surface area contributed by atoms with Crippen molar-refractivity contribution in [1.82, 2.24) is 5.32 Å². The Labute approximate surface area is 170 Å². The summed E-state index contributed by atoms with van der Waals surface area (Å²) in [5.41, 5.74) is 1.96. The van der Waals surface area contributed by atoms with E-state index in [1.54, 1.807) is 6.08 Å². The molecule has 2 unspecified atom stereocenters. The van der Waals surface area contributed by atoms with E-state index in [2.05, 4.69) is 5.32 Å². The van der Waals surface area contributed by atoms with Crippen molar-refractivity contribution in [2.45, 2.75) is 32.5 Å². The minimum atomic E-state index is -0.226. The molecule has 2 aliphatic heterocycles. The van der Waals surface area contributed by atoms with Gasteiger partial charge in [0.05, 0.1) is 13.2 Å². The summed E-state index contributed by atoms with van der Waals surface area (Å²) in [5, 5.41) is 2.86. The number of carbonyl (C=O) groups is 1. The van der Waals surface area contributed by atoms with Crippen LogP contribution in [0.1, 0.15) is 25.0 Å². The molecule has 0 saturated heterocycles. The molecule has 6 heteroatoms. The summed E-state index contributed by atoms with van der Waals surface area (Å²) < 4.78 is 23.1. The molecule has 2 aromatic carbocycles. The zero-order chi connectivity index (χ0) is 20.2. The summed E-state index contributed by atoms with van der Waals surface area (Å²) in [7, 11) is 0. The van der Waals surface area contributed by atoms with E-state index in [1.165, 1.54) is 6.08 Å². The molecule has 2 aliphatic rings. The molecule has 0 radical (unpaired) electrons. The van der Waals surface area contributed by atoms with E-state index in [0.29, 0.717) is 25.5 Å². The van der Waals surface area contributed by atoms with E-state index in [-0.39, 0.29) is 18.1 Å². The molecule has 0 aliphatic carbocycles. The Kier molecular flexibility index (Phi) is 5.60. The Bertz CT molecular complexity index is 923. The molecule has 2 heterocycles. The van der Waals surface area contributed by atoms with E-state index in [4.69, 9.17) is 18.9 Å². The molecule has 4 rings (SSSR count). The first kappa shape index (κ1) is 19.2. The molecule has 2 atom stereocenters. The number of amides is 1. The molecule has 2 aromatic rings. The van der Waals surface area contributed by atoms with Gasteiger partial charge in [0.1, 0.15) is 30.3 Å². The van der Waals surface area contributed by atoms with Crippen LogP contribution < -0.4 is 24.3 Å². The number of benzene rings is 2. The average Bonchev–Trinajstić information content (AvgIpc) is 3.09. The average molecular weight is 395 g/mol. The van der Waals surface area contributed by atoms with Gasteiger partial charge in [-0.1, -0.05) is 12.1 Å². The third-order valence-electron chi connectivity index (χ3n) is 4.81. The van der Waals surface area contributed by atoms with Gasteiger partial charge in [0.15, 0.2) is 11.5 Å². The van der Waals surface area contributed by atoms with Gasteiger partial charge in [-0.2, -0.15) is 0 Å². The van der Waals surface area contributed by atoms with Gasteiger partial charge in [-0.3, -0.25) is 4.79 Å². The van der Waals surface area contributed by atoms with Gasteiger partial charge >= 0.3 is 0 Å². The largest absolute Gasteiger partial charge is 0.493 e. The number of ether oxygens (including phenoxy) is 4. The topological polar surface area (TPSA) is 66.0 Å². The van der Waals surface area contributed by atoms with Crippen molar-refractivity contribution >= 4 is 12.0 Å². The Hall–Kier alpha value is -3.15. The second-order valence-electron chi connectivity index (χ2n) is 7.14. The first-order valence-corrected chi connectivity index (χ1v) is 9.93. The fourth-order valence-corrected chi connectivity index (χ4v) is 3.47. The Morgan fingerprint density at radius 3 is 2.86 bits per heavy atom. The minimum absolute atomic E-state index is 0.157. The molecule has 152 valence electrons. The fourth-order valence-electron chi connectivity index (χ4n) is 3.47. The van der Waals surface area contributed by atoms with Crippen LogP contribution in [-0.2, 0) is 11.2 Å². The Morgan fingerprint density at radius 1 is 1.21 bits per heavy atom. The highest BCUT2D eigenvalue weighted by atomic mass is 16.6. The van der Waals surface area contributed by atoms with Crippen molar-refractivity contribution in [1.29, 1.82) is 0 Å². The standard InChI is InChI=1S/C23H25NO5/c1-3-26-21-12-17-10-15(2)28-22(17)11-16(21)8-9-23(25)24-13-18-14-27-19-6-4-5-7-20(19)29-18/h4-9,11-12,15,18H,3,10,13-14H2,1-2H3,(H,24,25)/b9-8+. The predicted octanol–water partition coefficient (Wildman–Crippen LogP) is 3.38. The molecule has 6 nitrogen and oxygen atoms in total. The summed E-state index contributed by atoms with van der Waals surface area (Å²) in [6.07, 6.45) is 4.05. The molecular weight excluding hydrogens is 370 g/mol. The highest BCUT2D eigenvalue weighted by Crippen LogP contribution is 2.35. The normalized spacial score (nSPS) is 19.5. The maximum atomic E-state index is 12.3. The number of fused-ring (bicyclic) bond motifs is 2. The lowest BCUT2D eigenvalue weighted by atomic mass is 10.1. The minimum Gasteiger partial charge on any atom is -0.493 e. The first-order valence-electron chi connectivity index (χ1n) is 9.93. The monoisotopic (exact) mass is 395 g/mol. The molecule has 0 spiro atoms. The molecule has 29 heavy (non-hydrogen) atoms. The Morgan fingerprint density at radius 2 is 2.03 bits per heavy atom. The van der Waals surface area contributed by atoms with Gasteiger partial charge in [-0.15, -0.1) is 0 Å². The van der Waals surface area contributed by atoms with Crippen LogP contribution in [0.3, 0.4) is 0 Å². The summed E-state index contributed by atoms with van der Waals surface area (Å²) in [6.45, 7) is 5.30. The van der Waals surface area contributed by atoms with Gasteiger partial charge < -0.3 is 24.3 Å². The second-order valence-corrected chi connectivity index (χ2v) is 7.14. The van der Waals surface area contributed by atoms with E-state index >= 15 is 0 Å². The number of rotatable bonds is 6. The molecule has 1 N–H and O–H groups in total. The number of hydrogen-bond acceptors (Lipinski definition) is 5. The fraction of sp³-hybridized carbons (Fsp3) is 0.348. The summed E-state index contributed by atoms with van der Waals surface area (Å²) in [6, 6.07) is 11.4. The van der Waals surface area contributed by atoms with Crippen LogP contribution in [0.4, 0.5) is 0 Å². The van der Waals surface area contributed by atoms with Crippen molar-refractivity contribution in [3.8, 4) is 23.0 Å². The number of nitrogens with one attached hydrogen (secondary N) is 1. The maximum Gasteiger partial charge on any atom is 0.244 e. The van der Waals surface area contributed by atoms with Crippen molar-refractivity contribution < 1.29 is 23.7 Å². The van der Waals surface area contributed by atoms with Crippen LogP contribution >= 0.6 is 0 Å². The van der Waals surface area contributed by atoms with E-state index in [1.807, 2.05) is 50.2 Å². The molecular formula is C23H25NO5. The van der Waals surface area contributed by atoms with Crippen molar-refractivity contribution in [2.24, 2.45) is 0 Å². The van der Waals surface area contributed by atoms with Crippen LogP contribution in [0.5, 0.6) is 23.0 Å². The van der Waals surface area contributed by atoms with Crippen molar-refractivity contribution in [3.63, 3.8) is 0 Å². The summed E-state index contributed by atoms with van der Waals surface area (Å²) >= 11 is 0. The van der Waals surface area contributed by atoms with Gasteiger partial charge in [0.25, 0.3) is 0 Å². The van der Waals surface area contributed by atoms with Crippen molar-refractivity contribution in [3.05, 3.63) is 53.6 Å². The van der Waals surface area contributed by atoms with Crippen LogP contribution in [-0.4, -0.2) is 37.9 Å². The summed E-state index contributed by atoms with van der Waals surface area (Å²) in [4.78, 5) is 12.3.